The predicted octanol–water partition coefficient (Wildman–Crippen LogP) is 3.64. The van der Waals surface area contributed by atoms with Crippen LogP contribution in [-0.4, -0.2) is 34.8 Å². The number of hydrogen-bond acceptors (Lipinski definition) is 3. The van der Waals surface area contributed by atoms with Gasteiger partial charge in [0.2, 0.25) is 0 Å². The number of amides is 1. The number of likely N-dealkylation sites (tertiary alicyclic amines) is 1. The Balaban J connectivity index is 2.08. The summed E-state index contributed by atoms with van der Waals surface area (Å²) in [5.74, 6) is 0.463. The first-order valence-electron chi connectivity index (χ1n) is 7.91. The monoisotopic (exact) mass is 305 g/mol. The zero-order valence-corrected chi connectivity index (χ0v) is 14.2. The average molecular weight is 305 g/mol. The van der Waals surface area contributed by atoms with E-state index in [0.29, 0.717) is 18.9 Å². The molecule has 0 saturated carbocycles. The molecule has 1 aromatic carbocycles. The first kappa shape index (κ1) is 16.8. The molecule has 1 fully saturated rings. The summed E-state index contributed by atoms with van der Waals surface area (Å²) in [6.07, 6.45) is 0.176. The van der Waals surface area contributed by atoms with Crippen LogP contribution in [0.4, 0.5) is 4.79 Å². The van der Waals surface area contributed by atoms with Crippen molar-refractivity contribution in [1.29, 1.82) is 0 Å². The third-order valence-electron chi connectivity index (χ3n) is 4.01. The molecule has 22 heavy (non-hydrogen) atoms. The van der Waals surface area contributed by atoms with Gasteiger partial charge in [0.05, 0.1) is 6.54 Å². The molecule has 0 aromatic heterocycles. The van der Waals surface area contributed by atoms with Crippen LogP contribution in [0.5, 0.6) is 0 Å². The van der Waals surface area contributed by atoms with Crippen molar-refractivity contribution in [3.8, 4) is 0 Å². The molecule has 4 nitrogen and oxygen atoms in total. The number of hydrogen-bond donors (Lipinski definition) is 1. The SMILES string of the molecule is CC(C)c1ccc(C2(O)CCN(C(=O)OC(C)(C)C)C2)cc1. The van der Waals surface area contributed by atoms with Crippen LogP contribution in [0.2, 0.25) is 0 Å². The van der Waals surface area contributed by atoms with Gasteiger partial charge in [0, 0.05) is 6.54 Å². The highest BCUT2D eigenvalue weighted by Crippen LogP contribution is 2.33. The number of aliphatic hydroxyl groups is 1. The van der Waals surface area contributed by atoms with E-state index < -0.39 is 11.2 Å². The van der Waals surface area contributed by atoms with E-state index >= 15 is 0 Å². The van der Waals surface area contributed by atoms with E-state index in [9.17, 15) is 9.90 Å². The van der Waals surface area contributed by atoms with Gasteiger partial charge in [-0.1, -0.05) is 38.1 Å². The summed E-state index contributed by atoms with van der Waals surface area (Å²) in [5, 5.41) is 10.9. The van der Waals surface area contributed by atoms with Crippen LogP contribution in [-0.2, 0) is 10.3 Å². The Labute approximate surface area is 133 Å². The minimum absolute atomic E-state index is 0.281. The molecule has 1 N–H and O–H groups in total. The number of ether oxygens (including phenoxy) is 1. The Kier molecular flexibility index (Phi) is 4.52. The van der Waals surface area contributed by atoms with Crippen molar-refractivity contribution in [1.82, 2.24) is 4.90 Å². The van der Waals surface area contributed by atoms with Gasteiger partial charge >= 0.3 is 6.09 Å². The van der Waals surface area contributed by atoms with Crippen molar-refractivity contribution in [3.63, 3.8) is 0 Å². The van der Waals surface area contributed by atoms with Gasteiger partial charge in [-0.25, -0.2) is 4.79 Å². The molecule has 0 bridgehead atoms. The molecule has 2 rings (SSSR count). The molecular weight excluding hydrogens is 278 g/mol. The van der Waals surface area contributed by atoms with Crippen LogP contribution in [0.15, 0.2) is 24.3 Å². The highest BCUT2D eigenvalue weighted by molar-refractivity contribution is 5.68. The second-order valence-corrected chi connectivity index (χ2v) is 7.46. The maximum atomic E-state index is 12.1. The Morgan fingerprint density at radius 3 is 2.36 bits per heavy atom. The Hall–Kier alpha value is -1.55. The van der Waals surface area contributed by atoms with Crippen LogP contribution < -0.4 is 0 Å². The molecule has 0 radical (unpaired) electrons. The fourth-order valence-corrected chi connectivity index (χ4v) is 2.69. The van der Waals surface area contributed by atoms with Gasteiger partial charge in [-0.2, -0.15) is 0 Å². The van der Waals surface area contributed by atoms with E-state index in [1.165, 1.54) is 5.56 Å². The first-order valence-corrected chi connectivity index (χ1v) is 7.91. The zero-order chi connectivity index (χ0) is 16.5. The van der Waals surface area contributed by atoms with Crippen LogP contribution in [0.25, 0.3) is 0 Å². The van der Waals surface area contributed by atoms with E-state index in [1.54, 1.807) is 4.90 Å². The van der Waals surface area contributed by atoms with E-state index in [0.717, 1.165) is 5.56 Å². The molecule has 1 atom stereocenters. The van der Waals surface area contributed by atoms with Gasteiger partial charge < -0.3 is 14.7 Å². The second-order valence-electron chi connectivity index (χ2n) is 7.46. The lowest BCUT2D eigenvalue weighted by Crippen LogP contribution is -2.38. The molecule has 1 unspecified atom stereocenters. The average Bonchev–Trinajstić information content (AvgIpc) is 2.81. The lowest BCUT2D eigenvalue weighted by atomic mass is 9.91. The fourth-order valence-electron chi connectivity index (χ4n) is 2.69. The Morgan fingerprint density at radius 1 is 1.27 bits per heavy atom. The molecule has 1 aliphatic heterocycles. The van der Waals surface area contributed by atoms with Gasteiger partial charge in [0.25, 0.3) is 0 Å². The normalized spacial score (nSPS) is 22.2. The molecule has 1 aromatic rings. The molecule has 0 aliphatic carbocycles. The maximum Gasteiger partial charge on any atom is 0.410 e. The summed E-state index contributed by atoms with van der Waals surface area (Å²) in [6, 6.07) is 8.03. The van der Waals surface area contributed by atoms with Crippen molar-refractivity contribution < 1.29 is 14.6 Å². The van der Waals surface area contributed by atoms with Gasteiger partial charge in [-0.3, -0.25) is 0 Å². The minimum Gasteiger partial charge on any atom is -0.444 e. The summed E-state index contributed by atoms with van der Waals surface area (Å²) < 4.78 is 5.38. The summed E-state index contributed by atoms with van der Waals surface area (Å²) >= 11 is 0. The lowest BCUT2D eigenvalue weighted by molar-refractivity contribution is 0.0140. The van der Waals surface area contributed by atoms with Crippen molar-refractivity contribution >= 4 is 6.09 Å². The molecule has 1 heterocycles. The van der Waals surface area contributed by atoms with E-state index in [2.05, 4.69) is 13.8 Å². The number of carbonyl (C=O) groups is 1. The highest BCUT2D eigenvalue weighted by Gasteiger charge is 2.40. The molecule has 1 aliphatic rings. The third kappa shape index (κ3) is 3.80. The summed E-state index contributed by atoms with van der Waals surface area (Å²) in [7, 11) is 0. The maximum absolute atomic E-state index is 12.1. The van der Waals surface area contributed by atoms with Gasteiger partial charge in [-0.15, -0.1) is 0 Å². The summed E-state index contributed by atoms with van der Waals surface area (Å²) in [5.41, 5.74) is 0.612. The van der Waals surface area contributed by atoms with Gasteiger partial charge in [0.1, 0.15) is 11.2 Å². The molecule has 122 valence electrons. The van der Waals surface area contributed by atoms with E-state index in [4.69, 9.17) is 4.74 Å². The topological polar surface area (TPSA) is 49.8 Å². The van der Waals surface area contributed by atoms with Crippen LogP contribution >= 0.6 is 0 Å². The van der Waals surface area contributed by atoms with E-state index in [1.807, 2.05) is 45.0 Å². The zero-order valence-electron chi connectivity index (χ0n) is 14.2. The number of rotatable bonds is 2. The summed E-state index contributed by atoms with van der Waals surface area (Å²) in [4.78, 5) is 13.7. The lowest BCUT2D eigenvalue weighted by Gasteiger charge is -2.27. The Morgan fingerprint density at radius 2 is 1.86 bits per heavy atom. The van der Waals surface area contributed by atoms with Crippen molar-refractivity contribution in [2.45, 2.75) is 58.2 Å². The largest absolute Gasteiger partial charge is 0.444 e. The second kappa shape index (κ2) is 5.92. The molecular formula is C18H27NO3. The Bertz CT molecular complexity index is 530. The predicted molar refractivity (Wildman–Crippen MR) is 86.9 cm³/mol. The quantitative estimate of drug-likeness (QED) is 0.907. The van der Waals surface area contributed by atoms with Crippen molar-refractivity contribution in [2.75, 3.05) is 13.1 Å². The number of β-amino-alcohol motifs (C(OH)–C–C–N with tert-alkyl or cyclic N) is 1. The molecule has 1 amide bonds. The summed E-state index contributed by atoms with van der Waals surface area (Å²) in [6.45, 7) is 10.6. The van der Waals surface area contributed by atoms with Crippen molar-refractivity contribution in [3.05, 3.63) is 35.4 Å². The first-order chi connectivity index (χ1) is 10.1. The van der Waals surface area contributed by atoms with Crippen molar-refractivity contribution in [2.24, 2.45) is 0 Å². The van der Waals surface area contributed by atoms with E-state index in [-0.39, 0.29) is 12.6 Å². The third-order valence-corrected chi connectivity index (χ3v) is 4.01. The van der Waals surface area contributed by atoms with Gasteiger partial charge in [-0.05, 0) is 44.2 Å². The fraction of sp³-hybridized carbons (Fsp3) is 0.611. The van der Waals surface area contributed by atoms with Crippen LogP contribution in [0, 0.1) is 0 Å². The minimum atomic E-state index is -0.980. The number of nitrogens with zero attached hydrogens (tertiary/aromatic N) is 1. The standard InChI is InChI=1S/C18H27NO3/c1-13(2)14-6-8-15(9-7-14)18(21)10-11-19(12-18)16(20)22-17(3,4)5/h6-9,13,21H,10-12H2,1-5H3. The van der Waals surface area contributed by atoms with Crippen LogP contribution in [0.1, 0.15) is 58.1 Å². The van der Waals surface area contributed by atoms with Gasteiger partial charge in [0.15, 0.2) is 0 Å². The van der Waals surface area contributed by atoms with Crippen LogP contribution in [0.3, 0.4) is 0 Å². The molecule has 4 heteroatoms. The highest BCUT2D eigenvalue weighted by atomic mass is 16.6. The smallest absolute Gasteiger partial charge is 0.410 e. The number of carbonyl (C=O) groups excluding carboxylic acids is 1. The molecule has 1 saturated heterocycles. The number of benzene rings is 1. The molecule has 0 spiro atoms.